The maximum Gasteiger partial charge on any atom is 0.336 e. The Morgan fingerprint density at radius 2 is 2.03 bits per heavy atom. The number of hydrogen-bond donors (Lipinski definition) is 1. The van der Waals surface area contributed by atoms with E-state index in [1.807, 2.05) is 0 Å². The largest absolute Gasteiger partial charge is 0.478 e. The predicted molar refractivity (Wildman–Crippen MR) is 115 cm³/mol. The van der Waals surface area contributed by atoms with Crippen molar-refractivity contribution in [3.63, 3.8) is 0 Å². The highest BCUT2D eigenvalue weighted by Crippen LogP contribution is 2.39. The number of aromatic carboxylic acids is 1. The number of carbonyl (C=O) groups is 1. The number of fused-ring (bicyclic) bond motifs is 1. The minimum atomic E-state index is -0.885. The van der Waals surface area contributed by atoms with E-state index in [-0.39, 0.29) is 0 Å². The van der Waals surface area contributed by atoms with Crippen LogP contribution in [0.25, 0.3) is 11.1 Å². The lowest BCUT2D eigenvalue weighted by Crippen LogP contribution is -2.22. The van der Waals surface area contributed by atoms with Crippen molar-refractivity contribution >= 4 is 5.97 Å². The molecular formula is C25H26N2O2. The molecule has 0 aliphatic carbocycles. The molecule has 0 spiro atoms. The first-order chi connectivity index (χ1) is 14.1. The molecule has 0 unspecified atom stereocenters. The fourth-order valence-corrected chi connectivity index (χ4v) is 4.46. The molecule has 4 nitrogen and oxygen atoms in total. The highest BCUT2D eigenvalue weighted by Gasteiger charge is 2.29. The van der Waals surface area contributed by atoms with Crippen molar-refractivity contribution in [2.75, 3.05) is 6.54 Å². The Morgan fingerprint density at radius 1 is 1.21 bits per heavy atom. The summed E-state index contributed by atoms with van der Waals surface area (Å²) in [6, 6.07) is 17.2. The van der Waals surface area contributed by atoms with Gasteiger partial charge in [-0.05, 0) is 71.8 Å². The first kappa shape index (κ1) is 19.3. The summed E-state index contributed by atoms with van der Waals surface area (Å²) in [5.41, 5.74) is 7.73. The lowest BCUT2D eigenvalue weighted by Gasteiger charge is -2.23. The van der Waals surface area contributed by atoms with Crippen LogP contribution in [0.4, 0.5) is 0 Å². The van der Waals surface area contributed by atoms with Gasteiger partial charge in [0.25, 0.3) is 0 Å². The first-order valence-electron chi connectivity index (χ1n) is 10.2. The first-order valence-corrected chi connectivity index (χ1v) is 10.2. The maximum absolute atomic E-state index is 11.5. The topological polar surface area (TPSA) is 53.4 Å². The van der Waals surface area contributed by atoms with Crippen molar-refractivity contribution in [2.45, 2.75) is 39.3 Å². The molecule has 4 heteroatoms. The average Bonchev–Trinajstić information content (AvgIpc) is 3.09. The predicted octanol–water partition coefficient (Wildman–Crippen LogP) is 5.26. The molecule has 0 fully saturated rings. The van der Waals surface area contributed by atoms with Gasteiger partial charge in [0.1, 0.15) is 0 Å². The lowest BCUT2D eigenvalue weighted by molar-refractivity contribution is 0.0695. The summed E-state index contributed by atoms with van der Waals surface area (Å²) in [6.07, 6.45) is 4.83. The Bertz CT molecular complexity index is 1040. The second kappa shape index (κ2) is 8.18. The molecule has 148 valence electrons. The van der Waals surface area contributed by atoms with E-state index < -0.39 is 5.97 Å². The van der Waals surface area contributed by atoms with E-state index in [0.29, 0.717) is 18.0 Å². The highest BCUT2D eigenvalue weighted by atomic mass is 16.4. The highest BCUT2D eigenvalue weighted by molar-refractivity contribution is 5.89. The molecule has 1 aliphatic heterocycles. The second-order valence-corrected chi connectivity index (χ2v) is 7.68. The Balaban J connectivity index is 1.60. The van der Waals surface area contributed by atoms with Gasteiger partial charge >= 0.3 is 5.97 Å². The van der Waals surface area contributed by atoms with Gasteiger partial charge in [-0.25, -0.2) is 4.79 Å². The Morgan fingerprint density at radius 3 is 2.79 bits per heavy atom. The van der Waals surface area contributed by atoms with Gasteiger partial charge in [-0.1, -0.05) is 43.3 Å². The number of aromatic nitrogens is 1. The van der Waals surface area contributed by atoms with Gasteiger partial charge in [0.2, 0.25) is 0 Å². The van der Waals surface area contributed by atoms with Crippen LogP contribution in [0.3, 0.4) is 0 Å². The summed E-state index contributed by atoms with van der Waals surface area (Å²) < 4.78 is 0. The van der Waals surface area contributed by atoms with Crippen molar-refractivity contribution < 1.29 is 9.90 Å². The zero-order chi connectivity index (χ0) is 20.4. The smallest absolute Gasteiger partial charge is 0.336 e. The van der Waals surface area contributed by atoms with E-state index in [4.69, 9.17) is 0 Å². The van der Waals surface area contributed by atoms with E-state index in [1.54, 1.807) is 18.5 Å². The third kappa shape index (κ3) is 3.81. The Hall–Kier alpha value is -2.98. The third-order valence-electron chi connectivity index (χ3n) is 6.00. The molecule has 0 amide bonds. The van der Waals surface area contributed by atoms with Gasteiger partial charge < -0.3 is 5.11 Å². The number of aryl methyl sites for hydroxylation is 2. The number of carboxylic acid groups (broad SMARTS) is 1. The standard InChI is InChI=1S/C25H26N2O2/c1-3-27-16-20-14-18(21-7-5-4-6-17(21)2)8-10-22(20)24(27)11-9-19-15-26-13-12-23(19)25(28)29/h4-8,10,12-15,24H,3,9,11,16H2,1-2H3,(H,28,29)/t24-/m1/s1. The maximum atomic E-state index is 11.5. The SMILES string of the molecule is CCN1Cc2cc(-c3ccccc3C)ccc2[C@H]1CCc1cnccc1C(=O)O. The van der Waals surface area contributed by atoms with Crippen LogP contribution < -0.4 is 0 Å². The van der Waals surface area contributed by atoms with E-state index in [2.05, 4.69) is 66.2 Å². The van der Waals surface area contributed by atoms with E-state index in [9.17, 15) is 9.90 Å². The third-order valence-corrected chi connectivity index (χ3v) is 6.00. The van der Waals surface area contributed by atoms with Gasteiger partial charge in [-0.15, -0.1) is 0 Å². The van der Waals surface area contributed by atoms with Crippen molar-refractivity contribution in [1.82, 2.24) is 9.88 Å². The van der Waals surface area contributed by atoms with Crippen LogP contribution >= 0.6 is 0 Å². The molecule has 1 aliphatic rings. The quantitative estimate of drug-likeness (QED) is 0.627. The normalized spacial score (nSPS) is 16.0. The minimum absolute atomic E-state index is 0.308. The number of rotatable bonds is 6. The van der Waals surface area contributed by atoms with Crippen molar-refractivity contribution in [3.8, 4) is 11.1 Å². The minimum Gasteiger partial charge on any atom is -0.478 e. The summed E-state index contributed by atoms with van der Waals surface area (Å²) in [6.45, 7) is 6.25. The van der Waals surface area contributed by atoms with E-state index >= 15 is 0 Å². The molecule has 0 radical (unpaired) electrons. The summed E-state index contributed by atoms with van der Waals surface area (Å²) in [5.74, 6) is -0.885. The summed E-state index contributed by atoms with van der Waals surface area (Å²) in [4.78, 5) is 18.1. The fourth-order valence-electron chi connectivity index (χ4n) is 4.46. The number of nitrogens with zero attached hydrogens (tertiary/aromatic N) is 2. The molecule has 2 heterocycles. The van der Waals surface area contributed by atoms with Gasteiger partial charge in [-0.2, -0.15) is 0 Å². The summed E-state index contributed by atoms with van der Waals surface area (Å²) >= 11 is 0. The average molecular weight is 386 g/mol. The second-order valence-electron chi connectivity index (χ2n) is 7.68. The van der Waals surface area contributed by atoms with Crippen molar-refractivity contribution in [1.29, 1.82) is 0 Å². The zero-order valence-electron chi connectivity index (χ0n) is 16.9. The van der Waals surface area contributed by atoms with Crippen LogP contribution in [0.2, 0.25) is 0 Å². The molecule has 1 N–H and O–H groups in total. The lowest BCUT2D eigenvalue weighted by atomic mass is 9.93. The number of benzene rings is 2. The molecule has 1 aromatic heterocycles. The molecular weight excluding hydrogens is 360 g/mol. The fraction of sp³-hybridized carbons (Fsp3) is 0.280. The molecule has 1 atom stereocenters. The van der Waals surface area contributed by atoms with E-state index in [1.165, 1.54) is 27.8 Å². The Kier molecular flexibility index (Phi) is 5.45. The molecule has 0 bridgehead atoms. The summed E-state index contributed by atoms with van der Waals surface area (Å²) in [7, 11) is 0. The van der Waals surface area contributed by atoms with Crippen LogP contribution in [-0.2, 0) is 13.0 Å². The van der Waals surface area contributed by atoms with E-state index in [0.717, 1.165) is 25.1 Å². The van der Waals surface area contributed by atoms with Gasteiger partial charge in [-0.3, -0.25) is 9.88 Å². The number of pyridine rings is 1. The van der Waals surface area contributed by atoms with Crippen LogP contribution in [0.15, 0.2) is 60.9 Å². The van der Waals surface area contributed by atoms with Crippen LogP contribution in [0.1, 0.15) is 52.0 Å². The monoisotopic (exact) mass is 386 g/mol. The van der Waals surface area contributed by atoms with Crippen molar-refractivity contribution in [2.24, 2.45) is 0 Å². The molecule has 0 saturated heterocycles. The van der Waals surface area contributed by atoms with Gasteiger partial charge in [0.05, 0.1) is 5.56 Å². The number of hydrogen-bond acceptors (Lipinski definition) is 3. The zero-order valence-corrected chi connectivity index (χ0v) is 16.9. The molecule has 0 saturated carbocycles. The van der Waals surface area contributed by atoms with Gasteiger partial charge in [0, 0.05) is 25.0 Å². The molecule has 3 aromatic rings. The Labute approximate surface area is 171 Å². The molecule has 2 aromatic carbocycles. The number of carboxylic acids is 1. The van der Waals surface area contributed by atoms with Crippen LogP contribution in [-0.4, -0.2) is 27.5 Å². The summed E-state index contributed by atoms with van der Waals surface area (Å²) in [5, 5.41) is 9.44. The van der Waals surface area contributed by atoms with Gasteiger partial charge in [0.15, 0.2) is 0 Å². The van der Waals surface area contributed by atoms with Crippen LogP contribution in [0.5, 0.6) is 0 Å². The molecule has 4 rings (SSSR count). The van der Waals surface area contributed by atoms with Crippen molar-refractivity contribution in [3.05, 3.63) is 88.7 Å². The molecule has 29 heavy (non-hydrogen) atoms. The van der Waals surface area contributed by atoms with Crippen LogP contribution in [0, 0.1) is 6.92 Å².